The van der Waals surface area contributed by atoms with Crippen molar-refractivity contribution in [2.75, 3.05) is 0 Å². The summed E-state index contributed by atoms with van der Waals surface area (Å²) in [5, 5.41) is 9.67. The van der Waals surface area contributed by atoms with Crippen molar-refractivity contribution in [3.8, 4) is 0 Å². The topological polar surface area (TPSA) is 29.5 Å². The van der Waals surface area contributed by atoms with Crippen molar-refractivity contribution in [3.63, 3.8) is 0 Å². The number of hydrogen-bond acceptors (Lipinski definition) is 2. The lowest BCUT2D eigenvalue weighted by Crippen LogP contribution is -2.38. The second-order valence-corrected chi connectivity index (χ2v) is 6.47. The number of hydrogen-bond donors (Lipinski definition) is 1. The second-order valence-electron chi connectivity index (χ2n) is 6.47. The van der Waals surface area contributed by atoms with Crippen molar-refractivity contribution < 1.29 is 9.84 Å². The Morgan fingerprint density at radius 1 is 1.38 bits per heavy atom. The van der Waals surface area contributed by atoms with Gasteiger partial charge in [-0.1, -0.05) is 18.6 Å². The molecule has 2 aliphatic carbocycles. The molecule has 0 aromatic carbocycles. The van der Waals surface area contributed by atoms with E-state index in [2.05, 4.69) is 33.8 Å². The molecule has 1 N–H and O–H groups in total. The lowest BCUT2D eigenvalue weighted by atomic mass is 9.73. The van der Waals surface area contributed by atoms with E-state index >= 15 is 0 Å². The molecule has 16 heavy (non-hydrogen) atoms. The molecule has 0 amide bonds. The zero-order valence-corrected chi connectivity index (χ0v) is 10.9. The summed E-state index contributed by atoms with van der Waals surface area (Å²) in [4.78, 5) is 0. The third-order valence-corrected chi connectivity index (χ3v) is 3.97. The van der Waals surface area contributed by atoms with E-state index in [-0.39, 0.29) is 17.1 Å². The molecule has 3 atom stereocenters. The molecular weight excluding hydrogens is 200 g/mol. The lowest BCUT2D eigenvalue weighted by molar-refractivity contribution is -0.0988. The molecule has 2 aliphatic rings. The van der Waals surface area contributed by atoms with Crippen LogP contribution in [0.15, 0.2) is 11.6 Å². The van der Waals surface area contributed by atoms with Crippen LogP contribution in [0.25, 0.3) is 0 Å². The molecular formula is C14H24O2. The number of aliphatic hydroxyl groups excluding tert-OH is 1. The third-order valence-electron chi connectivity index (χ3n) is 3.97. The van der Waals surface area contributed by atoms with Gasteiger partial charge in [-0.05, 0) is 46.5 Å². The van der Waals surface area contributed by atoms with Gasteiger partial charge in [0.05, 0.1) is 17.8 Å². The molecule has 2 heteroatoms. The van der Waals surface area contributed by atoms with Gasteiger partial charge in [0.2, 0.25) is 0 Å². The van der Waals surface area contributed by atoms with Crippen LogP contribution < -0.4 is 0 Å². The maximum atomic E-state index is 9.67. The summed E-state index contributed by atoms with van der Waals surface area (Å²) >= 11 is 0. The van der Waals surface area contributed by atoms with Gasteiger partial charge in [-0.15, -0.1) is 0 Å². The molecule has 0 aliphatic heterocycles. The van der Waals surface area contributed by atoms with Crippen LogP contribution in [0.3, 0.4) is 0 Å². The first-order chi connectivity index (χ1) is 7.31. The largest absolute Gasteiger partial charge is 0.389 e. The van der Waals surface area contributed by atoms with Crippen molar-refractivity contribution in [1.82, 2.24) is 0 Å². The summed E-state index contributed by atoms with van der Waals surface area (Å²) in [6, 6.07) is 0. The average molecular weight is 224 g/mol. The van der Waals surface area contributed by atoms with Crippen LogP contribution in [0.5, 0.6) is 0 Å². The van der Waals surface area contributed by atoms with E-state index in [1.54, 1.807) is 0 Å². The quantitative estimate of drug-likeness (QED) is 0.694. The van der Waals surface area contributed by atoms with E-state index in [1.165, 1.54) is 5.57 Å². The number of ether oxygens (including phenoxy) is 1. The smallest absolute Gasteiger partial charge is 0.0724 e. The Morgan fingerprint density at radius 2 is 2.06 bits per heavy atom. The molecule has 1 saturated carbocycles. The highest BCUT2D eigenvalue weighted by molar-refractivity contribution is 5.25. The minimum Gasteiger partial charge on any atom is -0.389 e. The highest BCUT2D eigenvalue weighted by Gasteiger charge is 2.46. The van der Waals surface area contributed by atoms with Gasteiger partial charge < -0.3 is 9.84 Å². The van der Waals surface area contributed by atoms with E-state index < -0.39 is 0 Å². The Balaban J connectivity index is 2.17. The first-order valence-corrected chi connectivity index (χ1v) is 6.38. The molecule has 1 fully saturated rings. The molecule has 0 aromatic heterocycles. The van der Waals surface area contributed by atoms with Crippen molar-refractivity contribution in [2.45, 2.75) is 71.2 Å². The highest BCUT2D eigenvalue weighted by atomic mass is 16.5. The Morgan fingerprint density at radius 3 is 2.69 bits per heavy atom. The molecule has 0 unspecified atom stereocenters. The lowest BCUT2D eigenvalue weighted by Gasteiger charge is -2.39. The SMILES string of the molecule is CC(C)(C)O[C@H]1CCC2=C[C@@H](O)CC[C@@]21C. The van der Waals surface area contributed by atoms with Crippen molar-refractivity contribution in [1.29, 1.82) is 0 Å². The zero-order chi connectivity index (χ0) is 12.0. The van der Waals surface area contributed by atoms with Crippen molar-refractivity contribution in [3.05, 3.63) is 11.6 Å². The Labute approximate surface area is 98.7 Å². The second kappa shape index (κ2) is 3.85. The summed E-state index contributed by atoms with van der Waals surface area (Å²) in [5.41, 5.74) is 1.52. The van der Waals surface area contributed by atoms with Gasteiger partial charge >= 0.3 is 0 Å². The third kappa shape index (κ3) is 2.18. The molecule has 0 saturated heterocycles. The van der Waals surface area contributed by atoms with Crippen molar-refractivity contribution >= 4 is 0 Å². The van der Waals surface area contributed by atoms with E-state index in [9.17, 15) is 5.11 Å². The molecule has 0 radical (unpaired) electrons. The maximum Gasteiger partial charge on any atom is 0.0724 e. The average Bonchev–Trinajstić information content (AvgIpc) is 2.43. The van der Waals surface area contributed by atoms with E-state index in [0.717, 1.165) is 25.7 Å². The summed E-state index contributed by atoms with van der Waals surface area (Å²) in [6.07, 6.45) is 6.30. The minimum atomic E-state index is -0.225. The van der Waals surface area contributed by atoms with Crippen LogP contribution in [0, 0.1) is 5.41 Å². The first kappa shape index (κ1) is 12.1. The fraction of sp³-hybridized carbons (Fsp3) is 0.857. The first-order valence-electron chi connectivity index (χ1n) is 6.38. The van der Waals surface area contributed by atoms with Gasteiger partial charge in [-0.3, -0.25) is 0 Å². The Bertz CT molecular complexity index is 300. The van der Waals surface area contributed by atoms with Gasteiger partial charge in [-0.2, -0.15) is 0 Å². The molecule has 2 rings (SSSR count). The van der Waals surface area contributed by atoms with Crippen LogP contribution in [-0.4, -0.2) is 22.9 Å². The summed E-state index contributed by atoms with van der Waals surface area (Å²) < 4.78 is 6.18. The molecule has 0 heterocycles. The van der Waals surface area contributed by atoms with Crippen LogP contribution >= 0.6 is 0 Å². The van der Waals surface area contributed by atoms with Gasteiger partial charge in [0, 0.05) is 5.41 Å². The number of fused-ring (bicyclic) bond motifs is 1. The fourth-order valence-corrected chi connectivity index (χ4v) is 3.07. The van der Waals surface area contributed by atoms with Gasteiger partial charge in [0.1, 0.15) is 0 Å². The minimum absolute atomic E-state index is 0.0702. The zero-order valence-electron chi connectivity index (χ0n) is 10.9. The van der Waals surface area contributed by atoms with Crippen LogP contribution in [-0.2, 0) is 4.74 Å². The number of aliphatic hydroxyl groups is 1. The summed E-state index contributed by atoms with van der Waals surface area (Å²) in [6.45, 7) is 8.66. The predicted molar refractivity (Wildman–Crippen MR) is 65.3 cm³/mol. The van der Waals surface area contributed by atoms with Gasteiger partial charge in [0.25, 0.3) is 0 Å². The highest BCUT2D eigenvalue weighted by Crippen LogP contribution is 2.51. The Kier molecular flexibility index (Phi) is 2.92. The van der Waals surface area contributed by atoms with Gasteiger partial charge in [-0.25, -0.2) is 0 Å². The molecule has 92 valence electrons. The van der Waals surface area contributed by atoms with Crippen LogP contribution in [0.4, 0.5) is 0 Å². The van der Waals surface area contributed by atoms with E-state index in [0.29, 0.717) is 6.10 Å². The van der Waals surface area contributed by atoms with Gasteiger partial charge in [0.15, 0.2) is 0 Å². The van der Waals surface area contributed by atoms with E-state index in [4.69, 9.17) is 4.74 Å². The molecule has 0 bridgehead atoms. The molecule has 0 aromatic rings. The molecule has 0 spiro atoms. The molecule has 2 nitrogen and oxygen atoms in total. The van der Waals surface area contributed by atoms with Crippen molar-refractivity contribution in [2.24, 2.45) is 5.41 Å². The Hall–Kier alpha value is -0.340. The standard InChI is InChI=1S/C14H24O2/c1-13(2,3)16-12-6-5-10-9-11(15)7-8-14(10,12)4/h9,11-12,15H,5-8H2,1-4H3/t11-,12-,14-/m0/s1. The maximum absolute atomic E-state index is 9.67. The fourth-order valence-electron chi connectivity index (χ4n) is 3.07. The summed E-state index contributed by atoms with van der Waals surface area (Å²) in [5.74, 6) is 0. The van der Waals surface area contributed by atoms with Crippen LogP contribution in [0.2, 0.25) is 0 Å². The number of rotatable bonds is 1. The monoisotopic (exact) mass is 224 g/mol. The summed E-state index contributed by atoms with van der Waals surface area (Å²) in [7, 11) is 0. The normalized spacial score (nSPS) is 39.4. The van der Waals surface area contributed by atoms with Crippen LogP contribution in [0.1, 0.15) is 53.4 Å². The predicted octanol–water partition coefficient (Wildman–Crippen LogP) is 3.05. The van der Waals surface area contributed by atoms with E-state index in [1.807, 2.05) is 0 Å².